The van der Waals surface area contributed by atoms with Gasteiger partial charge in [0.05, 0.1) is 5.69 Å². The third-order valence-corrected chi connectivity index (χ3v) is 2.66. The van der Waals surface area contributed by atoms with Crippen molar-refractivity contribution in [2.24, 2.45) is 0 Å². The summed E-state index contributed by atoms with van der Waals surface area (Å²) < 4.78 is 0. The first kappa shape index (κ1) is 13.4. The Balaban J connectivity index is 3.60. The third-order valence-electron chi connectivity index (χ3n) is 2.66. The number of aryl methyl sites for hydroxylation is 1. The highest BCUT2D eigenvalue weighted by atomic mass is 15.2. The highest BCUT2D eigenvalue weighted by molar-refractivity contribution is 5.53. The van der Waals surface area contributed by atoms with Crippen LogP contribution in [0.4, 0.5) is 5.82 Å². The molecule has 0 fully saturated rings. The van der Waals surface area contributed by atoms with E-state index < -0.39 is 0 Å². The van der Waals surface area contributed by atoms with Crippen LogP contribution in [-0.2, 0) is 0 Å². The SMILES string of the molecule is C/C=c1/c(C)nnc(NC)/c1=C/C(C)=C/CC. The van der Waals surface area contributed by atoms with Crippen molar-refractivity contribution in [1.29, 1.82) is 0 Å². The van der Waals surface area contributed by atoms with E-state index in [0.29, 0.717) is 0 Å². The highest BCUT2D eigenvalue weighted by Crippen LogP contribution is 1.97. The second kappa shape index (κ2) is 6.18. The van der Waals surface area contributed by atoms with Gasteiger partial charge in [0.15, 0.2) is 5.82 Å². The third kappa shape index (κ3) is 3.16. The molecule has 1 rings (SSSR count). The molecule has 0 aliphatic heterocycles. The zero-order chi connectivity index (χ0) is 12.8. The Morgan fingerprint density at radius 3 is 2.53 bits per heavy atom. The Hall–Kier alpha value is -1.64. The highest BCUT2D eigenvalue weighted by Gasteiger charge is 2.00. The largest absolute Gasteiger partial charge is 0.371 e. The Morgan fingerprint density at radius 1 is 1.29 bits per heavy atom. The molecule has 0 unspecified atom stereocenters. The van der Waals surface area contributed by atoms with Gasteiger partial charge in [-0.25, -0.2) is 0 Å². The van der Waals surface area contributed by atoms with Gasteiger partial charge < -0.3 is 5.32 Å². The molecular weight excluding hydrogens is 210 g/mol. The second-order valence-corrected chi connectivity index (χ2v) is 4.00. The molecule has 1 N–H and O–H groups in total. The normalized spacial score (nSPS) is 14.3. The fourth-order valence-corrected chi connectivity index (χ4v) is 1.86. The van der Waals surface area contributed by atoms with Crippen molar-refractivity contribution in [3.05, 3.63) is 27.8 Å². The van der Waals surface area contributed by atoms with Gasteiger partial charge >= 0.3 is 0 Å². The summed E-state index contributed by atoms with van der Waals surface area (Å²) in [5.41, 5.74) is 2.21. The van der Waals surface area contributed by atoms with Crippen LogP contribution in [0.25, 0.3) is 12.2 Å². The lowest BCUT2D eigenvalue weighted by atomic mass is 10.1. The summed E-state index contributed by atoms with van der Waals surface area (Å²) in [6, 6.07) is 0. The summed E-state index contributed by atoms with van der Waals surface area (Å²) in [6.07, 6.45) is 7.48. The van der Waals surface area contributed by atoms with Crippen LogP contribution in [0.1, 0.15) is 32.9 Å². The van der Waals surface area contributed by atoms with E-state index in [0.717, 1.165) is 28.4 Å². The van der Waals surface area contributed by atoms with E-state index in [4.69, 9.17) is 0 Å². The molecule has 0 amide bonds. The topological polar surface area (TPSA) is 37.8 Å². The van der Waals surface area contributed by atoms with Crippen molar-refractivity contribution in [1.82, 2.24) is 10.2 Å². The molecule has 92 valence electrons. The number of hydrogen-bond donors (Lipinski definition) is 1. The van der Waals surface area contributed by atoms with Gasteiger partial charge in [-0.05, 0) is 33.3 Å². The number of anilines is 1. The Morgan fingerprint density at radius 2 is 2.00 bits per heavy atom. The molecule has 3 heteroatoms. The lowest BCUT2D eigenvalue weighted by Gasteiger charge is -2.03. The number of rotatable bonds is 3. The van der Waals surface area contributed by atoms with Crippen LogP contribution in [0.2, 0.25) is 0 Å². The maximum Gasteiger partial charge on any atom is 0.156 e. The molecular formula is C14H21N3. The zero-order valence-electron chi connectivity index (χ0n) is 11.3. The molecule has 17 heavy (non-hydrogen) atoms. The Labute approximate surface area is 103 Å². The predicted octanol–water partition coefficient (Wildman–Crippen LogP) is 1.76. The van der Waals surface area contributed by atoms with Crippen molar-refractivity contribution < 1.29 is 0 Å². The molecule has 0 atom stereocenters. The van der Waals surface area contributed by atoms with Gasteiger partial charge in [0.2, 0.25) is 0 Å². The van der Waals surface area contributed by atoms with Crippen LogP contribution in [-0.4, -0.2) is 17.2 Å². The Bertz CT molecular complexity index is 527. The second-order valence-electron chi connectivity index (χ2n) is 4.00. The van der Waals surface area contributed by atoms with Gasteiger partial charge in [-0.2, -0.15) is 5.10 Å². The summed E-state index contributed by atoms with van der Waals surface area (Å²) >= 11 is 0. The average molecular weight is 231 g/mol. The average Bonchev–Trinajstić information content (AvgIpc) is 2.30. The van der Waals surface area contributed by atoms with Gasteiger partial charge in [-0.15, -0.1) is 5.10 Å². The molecule has 1 aromatic heterocycles. The van der Waals surface area contributed by atoms with Crippen molar-refractivity contribution >= 4 is 18.0 Å². The quantitative estimate of drug-likeness (QED) is 0.861. The minimum atomic E-state index is 0.826. The monoisotopic (exact) mass is 231 g/mol. The number of aromatic nitrogens is 2. The summed E-state index contributed by atoms with van der Waals surface area (Å²) in [5.74, 6) is 0.826. The Kier molecular flexibility index (Phi) is 4.88. The molecule has 1 aromatic rings. The van der Waals surface area contributed by atoms with Gasteiger partial charge in [0.1, 0.15) is 0 Å². The van der Waals surface area contributed by atoms with Crippen LogP contribution in [0, 0.1) is 6.92 Å². The molecule has 0 aromatic carbocycles. The van der Waals surface area contributed by atoms with E-state index in [1.165, 1.54) is 5.57 Å². The van der Waals surface area contributed by atoms with Crippen molar-refractivity contribution in [3.63, 3.8) is 0 Å². The number of allylic oxidation sites excluding steroid dienone is 2. The molecule has 0 radical (unpaired) electrons. The van der Waals surface area contributed by atoms with Crippen LogP contribution in [0.5, 0.6) is 0 Å². The minimum Gasteiger partial charge on any atom is -0.371 e. The standard InChI is InChI=1S/C14H21N3/c1-6-8-10(3)9-13-12(7-2)11(4)16-17-14(13)15-5/h7-9H,6H2,1-5H3,(H,15,17)/b10-8+,12-7-,13-9+. The number of nitrogens with zero attached hydrogens (tertiary/aromatic N) is 2. The van der Waals surface area contributed by atoms with Gasteiger partial charge in [-0.3, -0.25) is 0 Å². The fourth-order valence-electron chi connectivity index (χ4n) is 1.86. The number of hydrogen-bond acceptors (Lipinski definition) is 3. The first-order valence-electron chi connectivity index (χ1n) is 5.99. The van der Waals surface area contributed by atoms with E-state index in [1.54, 1.807) is 0 Å². The van der Waals surface area contributed by atoms with Crippen LogP contribution >= 0.6 is 0 Å². The summed E-state index contributed by atoms with van der Waals surface area (Å²) in [6.45, 7) is 8.26. The predicted molar refractivity (Wildman–Crippen MR) is 74.2 cm³/mol. The fraction of sp³-hybridized carbons (Fsp3) is 0.429. The van der Waals surface area contributed by atoms with E-state index >= 15 is 0 Å². The van der Waals surface area contributed by atoms with Crippen LogP contribution in [0.15, 0.2) is 11.6 Å². The summed E-state index contributed by atoms with van der Waals surface area (Å²) in [4.78, 5) is 0. The molecule has 0 bridgehead atoms. The van der Waals surface area contributed by atoms with Gasteiger partial charge in [-0.1, -0.05) is 24.6 Å². The minimum absolute atomic E-state index is 0.826. The van der Waals surface area contributed by atoms with Crippen molar-refractivity contribution in [2.75, 3.05) is 12.4 Å². The van der Waals surface area contributed by atoms with Crippen molar-refractivity contribution in [3.8, 4) is 0 Å². The number of nitrogens with one attached hydrogen (secondary N) is 1. The lowest BCUT2D eigenvalue weighted by Crippen LogP contribution is -2.32. The lowest BCUT2D eigenvalue weighted by molar-refractivity contribution is 0.957. The van der Waals surface area contributed by atoms with E-state index in [1.807, 2.05) is 20.9 Å². The van der Waals surface area contributed by atoms with Crippen molar-refractivity contribution in [2.45, 2.75) is 34.1 Å². The van der Waals surface area contributed by atoms with E-state index in [-0.39, 0.29) is 0 Å². The molecule has 1 heterocycles. The molecule has 3 nitrogen and oxygen atoms in total. The van der Waals surface area contributed by atoms with E-state index in [2.05, 4.69) is 47.6 Å². The maximum atomic E-state index is 4.18. The van der Waals surface area contributed by atoms with E-state index in [9.17, 15) is 0 Å². The zero-order valence-corrected chi connectivity index (χ0v) is 11.3. The summed E-state index contributed by atoms with van der Waals surface area (Å²) in [7, 11) is 1.87. The summed E-state index contributed by atoms with van der Waals surface area (Å²) in [5, 5.41) is 13.7. The molecule has 0 aliphatic carbocycles. The van der Waals surface area contributed by atoms with Gasteiger partial charge in [0, 0.05) is 17.5 Å². The van der Waals surface area contributed by atoms with Crippen LogP contribution in [0.3, 0.4) is 0 Å². The first-order valence-corrected chi connectivity index (χ1v) is 5.99. The molecule has 0 saturated heterocycles. The first-order chi connectivity index (χ1) is 8.13. The molecule has 0 aliphatic rings. The smallest absolute Gasteiger partial charge is 0.156 e. The molecule has 0 spiro atoms. The molecule has 0 saturated carbocycles. The van der Waals surface area contributed by atoms with Gasteiger partial charge in [0.25, 0.3) is 0 Å². The van der Waals surface area contributed by atoms with Crippen LogP contribution < -0.4 is 15.8 Å². The maximum absolute atomic E-state index is 4.18.